The molecule has 5 fully saturated rings. The van der Waals surface area contributed by atoms with Gasteiger partial charge in [-0.1, -0.05) is 0 Å². The maximum Gasteiger partial charge on any atom is 0.410 e. The van der Waals surface area contributed by atoms with Crippen molar-refractivity contribution in [3.63, 3.8) is 0 Å². The first-order valence-electron chi connectivity index (χ1n) is 12.1. The van der Waals surface area contributed by atoms with Crippen molar-refractivity contribution in [1.82, 2.24) is 14.5 Å². The van der Waals surface area contributed by atoms with Gasteiger partial charge >= 0.3 is 17.8 Å². The molecule has 4 bridgehead atoms. The van der Waals surface area contributed by atoms with Gasteiger partial charge in [0.2, 0.25) is 0 Å². The Hall–Kier alpha value is -3.28. The van der Waals surface area contributed by atoms with Gasteiger partial charge in [-0.3, -0.25) is 9.36 Å². The first-order valence-corrected chi connectivity index (χ1v) is 12.1. The van der Waals surface area contributed by atoms with Gasteiger partial charge in [-0.2, -0.15) is 5.26 Å². The van der Waals surface area contributed by atoms with Gasteiger partial charge in [-0.25, -0.2) is 9.59 Å². The number of H-pyrrole nitrogens is 1. The Labute approximate surface area is 196 Å². The number of hydrogen-bond donors (Lipinski definition) is 1. The standard InChI is InChI=1S/C25H28N4O5/c1-33-22(30)25-9-15-6-16(10-25)21(17(7-15)11-25)34-24(32)28-5-4-18(13-28)29-20-3-2-14(12-26)8-19(20)27-23(29)31/h2-3,8,15-18,21H,4-7,9-11,13H2,1H3,(H,27,31). The number of aromatic amines is 1. The smallest absolute Gasteiger partial charge is 0.410 e. The second kappa shape index (κ2) is 7.62. The average molecular weight is 465 g/mol. The Kier molecular flexibility index (Phi) is 4.77. The predicted octanol–water partition coefficient (Wildman–Crippen LogP) is 2.95. The Balaban J connectivity index is 1.16. The van der Waals surface area contributed by atoms with Crippen molar-refractivity contribution in [2.75, 3.05) is 20.2 Å². The molecule has 4 aliphatic carbocycles. The van der Waals surface area contributed by atoms with Gasteiger partial charge in [-0.05, 0) is 74.5 Å². The van der Waals surface area contributed by atoms with Crippen LogP contribution in [0.2, 0.25) is 0 Å². The normalized spacial score (nSPS) is 33.8. The number of benzene rings is 1. The molecule has 4 saturated carbocycles. The lowest BCUT2D eigenvalue weighted by atomic mass is 9.48. The van der Waals surface area contributed by atoms with Crippen molar-refractivity contribution in [2.45, 2.75) is 50.7 Å². The van der Waals surface area contributed by atoms with Crippen LogP contribution in [0.15, 0.2) is 23.0 Å². The Morgan fingerprint density at radius 2 is 1.97 bits per heavy atom. The van der Waals surface area contributed by atoms with Crippen molar-refractivity contribution in [1.29, 1.82) is 5.26 Å². The Morgan fingerprint density at radius 3 is 2.68 bits per heavy atom. The number of nitriles is 1. The highest BCUT2D eigenvalue weighted by Crippen LogP contribution is 2.61. The van der Waals surface area contributed by atoms with E-state index in [1.165, 1.54) is 7.11 Å². The van der Waals surface area contributed by atoms with E-state index in [2.05, 4.69) is 11.1 Å². The molecule has 0 radical (unpaired) electrons. The van der Waals surface area contributed by atoms with Gasteiger partial charge in [-0.15, -0.1) is 0 Å². The van der Waals surface area contributed by atoms with E-state index in [1.54, 1.807) is 27.7 Å². The Morgan fingerprint density at radius 1 is 1.21 bits per heavy atom. The minimum absolute atomic E-state index is 0.106. The fourth-order valence-corrected chi connectivity index (χ4v) is 7.51. The lowest BCUT2D eigenvalue weighted by molar-refractivity contribution is -0.182. The SMILES string of the molecule is COC(=O)C12CC3CC(C1)C(OC(=O)N1CCC(n4c(=O)[nH]c5cc(C#N)ccc54)C1)C(C3)C2. The van der Waals surface area contributed by atoms with E-state index < -0.39 is 5.41 Å². The molecular formula is C25H28N4O5. The highest BCUT2D eigenvalue weighted by molar-refractivity contribution is 5.78. The summed E-state index contributed by atoms with van der Waals surface area (Å²) >= 11 is 0. The number of esters is 1. The molecule has 1 N–H and O–H groups in total. The van der Waals surface area contributed by atoms with Gasteiger partial charge < -0.3 is 19.4 Å². The fraction of sp³-hybridized carbons (Fsp3) is 0.600. The van der Waals surface area contributed by atoms with Crippen LogP contribution < -0.4 is 5.69 Å². The summed E-state index contributed by atoms with van der Waals surface area (Å²) in [7, 11) is 1.46. The van der Waals surface area contributed by atoms with Crippen molar-refractivity contribution in [3.05, 3.63) is 34.2 Å². The number of fused-ring (bicyclic) bond motifs is 1. The van der Waals surface area contributed by atoms with Crippen LogP contribution in [0.3, 0.4) is 0 Å². The highest BCUT2D eigenvalue weighted by atomic mass is 16.6. The van der Waals surface area contributed by atoms with Gasteiger partial charge in [0.15, 0.2) is 0 Å². The van der Waals surface area contributed by atoms with Crippen LogP contribution in [0.5, 0.6) is 0 Å². The summed E-state index contributed by atoms with van der Waals surface area (Å²) in [5.41, 5.74) is 1.22. The van der Waals surface area contributed by atoms with Gasteiger partial charge in [0.25, 0.3) is 0 Å². The molecule has 2 aromatic rings. The van der Waals surface area contributed by atoms with Crippen molar-refractivity contribution < 1.29 is 19.1 Å². The molecule has 9 nitrogen and oxygen atoms in total. The number of hydrogen-bond acceptors (Lipinski definition) is 6. The second-order valence-electron chi connectivity index (χ2n) is 10.6. The summed E-state index contributed by atoms with van der Waals surface area (Å²) in [4.78, 5) is 42.8. The Bertz CT molecular complexity index is 1260. The van der Waals surface area contributed by atoms with Crippen molar-refractivity contribution >= 4 is 23.1 Å². The van der Waals surface area contributed by atoms with E-state index in [0.717, 1.165) is 37.6 Å². The van der Waals surface area contributed by atoms with Gasteiger partial charge in [0.1, 0.15) is 6.10 Å². The minimum Gasteiger partial charge on any atom is -0.469 e. The van der Waals surface area contributed by atoms with E-state index in [4.69, 9.17) is 14.7 Å². The number of amides is 1. The topological polar surface area (TPSA) is 117 Å². The molecule has 7 rings (SSSR count). The monoisotopic (exact) mass is 464 g/mol. The summed E-state index contributed by atoms with van der Waals surface area (Å²) in [6, 6.07) is 7.07. The number of carbonyl (C=O) groups is 2. The molecule has 2 heterocycles. The number of carbonyl (C=O) groups excluding carboxylic acids is 2. The number of nitrogens with zero attached hydrogens (tertiary/aromatic N) is 3. The third-order valence-corrected chi connectivity index (χ3v) is 8.67. The van der Waals surface area contributed by atoms with Crippen LogP contribution in [-0.4, -0.2) is 52.8 Å². The zero-order valence-corrected chi connectivity index (χ0v) is 19.2. The zero-order chi connectivity index (χ0) is 23.6. The minimum atomic E-state index is -0.394. The molecule has 1 amide bonds. The molecule has 9 heteroatoms. The number of aromatic nitrogens is 2. The molecule has 1 aromatic carbocycles. The molecule has 5 aliphatic rings. The largest absolute Gasteiger partial charge is 0.469 e. The summed E-state index contributed by atoms with van der Waals surface area (Å²) in [6.07, 6.45) is 4.57. The maximum atomic E-state index is 13.1. The van der Waals surface area contributed by atoms with Crippen LogP contribution in [0, 0.1) is 34.5 Å². The van der Waals surface area contributed by atoms with E-state index in [1.807, 2.05) is 0 Å². The molecule has 1 aromatic heterocycles. The lowest BCUT2D eigenvalue weighted by Crippen LogP contribution is -2.58. The third-order valence-electron chi connectivity index (χ3n) is 8.67. The predicted molar refractivity (Wildman–Crippen MR) is 121 cm³/mol. The molecule has 0 spiro atoms. The number of imidazole rings is 1. The highest BCUT2D eigenvalue weighted by Gasteiger charge is 2.60. The molecule has 34 heavy (non-hydrogen) atoms. The molecule has 3 unspecified atom stereocenters. The van der Waals surface area contributed by atoms with Crippen LogP contribution in [0.4, 0.5) is 4.79 Å². The number of rotatable bonds is 3. The van der Waals surface area contributed by atoms with Crippen molar-refractivity contribution in [3.8, 4) is 6.07 Å². The zero-order valence-electron chi connectivity index (χ0n) is 19.2. The third kappa shape index (κ3) is 3.15. The van der Waals surface area contributed by atoms with Crippen LogP contribution in [0.25, 0.3) is 11.0 Å². The van der Waals surface area contributed by atoms with Crippen molar-refractivity contribution in [2.24, 2.45) is 23.2 Å². The fourth-order valence-electron chi connectivity index (χ4n) is 7.51. The van der Waals surface area contributed by atoms with Gasteiger partial charge in [0.05, 0.1) is 41.2 Å². The second-order valence-corrected chi connectivity index (χ2v) is 10.6. The number of nitrogens with one attached hydrogen (secondary N) is 1. The lowest BCUT2D eigenvalue weighted by Gasteiger charge is -2.57. The van der Waals surface area contributed by atoms with Crippen LogP contribution in [-0.2, 0) is 14.3 Å². The first kappa shape index (κ1) is 21.3. The van der Waals surface area contributed by atoms with Crippen LogP contribution >= 0.6 is 0 Å². The quantitative estimate of drug-likeness (QED) is 0.698. The maximum absolute atomic E-state index is 13.1. The summed E-state index contributed by atoms with van der Waals surface area (Å²) in [5.74, 6) is 0.819. The van der Waals surface area contributed by atoms with E-state index in [0.29, 0.717) is 36.5 Å². The summed E-state index contributed by atoms with van der Waals surface area (Å²) in [6.45, 7) is 0.929. The molecule has 1 aliphatic heterocycles. The average Bonchev–Trinajstić information content (AvgIpc) is 3.43. The number of ether oxygens (including phenoxy) is 2. The summed E-state index contributed by atoms with van der Waals surface area (Å²) in [5, 5.41) is 9.12. The number of methoxy groups -OCH3 is 1. The number of likely N-dealkylation sites (tertiary alicyclic amines) is 1. The van der Waals surface area contributed by atoms with E-state index in [-0.39, 0.29) is 41.7 Å². The molecule has 1 saturated heterocycles. The summed E-state index contributed by atoms with van der Waals surface area (Å²) < 4.78 is 12.9. The first-order chi connectivity index (χ1) is 16.4. The molecule has 178 valence electrons. The molecular weight excluding hydrogens is 436 g/mol. The molecule has 3 atom stereocenters. The van der Waals surface area contributed by atoms with E-state index in [9.17, 15) is 14.4 Å². The van der Waals surface area contributed by atoms with Crippen LogP contribution in [0.1, 0.15) is 50.1 Å². The van der Waals surface area contributed by atoms with Gasteiger partial charge in [0, 0.05) is 13.1 Å². The van der Waals surface area contributed by atoms with E-state index >= 15 is 0 Å².